The third-order valence-electron chi connectivity index (χ3n) is 3.00. The molecule has 4 nitrogen and oxygen atoms in total. The van der Waals surface area contributed by atoms with Crippen LogP contribution < -0.4 is 4.18 Å². The Kier molecular flexibility index (Phi) is 4.70. The lowest BCUT2D eigenvalue weighted by molar-refractivity contribution is 0.281. The molecule has 0 saturated heterocycles. The maximum atomic E-state index is 12.3. The lowest BCUT2D eigenvalue weighted by atomic mass is 10.1. The summed E-state index contributed by atoms with van der Waals surface area (Å²) >= 11 is 3.26. The van der Waals surface area contributed by atoms with E-state index in [2.05, 4.69) is 15.9 Å². The van der Waals surface area contributed by atoms with Crippen LogP contribution in [0, 0.1) is 13.8 Å². The molecule has 1 N–H and O–H groups in total. The highest BCUT2D eigenvalue weighted by Gasteiger charge is 2.19. The number of hydrogen-bond donors (Lipinski definition) is 1. The SMILES string of the molecule is Cc1cc(CO)cc(C)c1OS(=O)(=O)c1ccc(Br)cc1. The lowest BCUT2D eigenvalue weighted by Gasteiger charge is -2.13. The minimum absolute atomic E-state index is 0.0933. The third-order valence-corrected chi connectivity index (χ3v) is 4.76. The van der Waals surface area contributed by atoms with Gasteiger partial charge in [-0.1, -0.05) is 28.1 Å². The topological polar surface area (TPSA) is 63.6 Å². The van der Waals surface area contributed by atoms with Crippen molar-refractivity contribution in [3.05, 3.63) is 57.6 Å². The molecular weight excluding hydrogens is 356 g/mol. The second-order valence-corrected chi connectivity index (χ2v) is 7.17. The van der Waals surface area contributed by atoms with E-state index in [9.17, 15) is 8.42 Å². The smallest absolute Gasteiger partial charge is 0.339 e. The molecule has 0 spiro atoms. The summed E-state index contributed by atoms with van der Waals surface area (Å²) in [5, 5.41) is 9.15. The summed E-state index contributed by atoms with van der Waals surface area (Å²) in [5.41, 5.74) is 2.05. The zero-order valence-electron chi connectivity index (χ0n) is 11.6. The largest absolute Gasteiger partial charge is 0.392 e. The van der Waals surface area contributed by atoms with Crippen molar-refractivity contribution < 1.29 is 17.7 Å². The van der Waals surface area contributed by atoms with Gasteiger partial charge in [-0.25, -0.2) is 0 Å². The first-order valence-corrected chi connectivity index (χ1v) is 8.44. The Morgan fingerprint density at radius 3 is 2.10 bits per heavy atom. The molecule has 2 aromatic rings. The van der Waals surface area contributed by atoms with Crippen LogP contribution in [0.2, 0.25) is 0 Å². The number of aliphatic hydroxyl groups excluding tert-OH is 1. The van der Waals surface area contributed by atoms with Crippen molar-refractivity contribution in [3.8, 4) is 5.75 Å². The maximum Gasteiger partial charge on any atom is 0.339 e. The van der Waals surface area contributed by atoms with Crippen molar-refractivity contribution in [2.75, 3.05) is 0 Å². The highest BCUT2D eigenvalue weighted by atomic mass is 79.9. The molecule has 0 heterocycles. The highest BCUT2D eigenvalue weighted by Crippen LogP contribution is 2.28. The first kappa shape index (κ1) is 16.0. The molecule has 0 aromatic heterocycles. The molecule has 0 aliphatic rings. The molecular formula is C15H15BrO4S. The molecule has 0 fully saturated rings. The summed E-state index contributed by atoms with van der Waals surface area (Å²) in [7, 11) is -3.88. The number of aliphatic hydroxyl groups is 1. The van der Waals surface area contributed by atoms with Gasteiger partial charge >= 0.3 is 10.1 Å². The fraction of sp³-hybridized carbons (Fsp3) is 0.200. The van der Waals surface area contributed by atoms with Crippen molar-refractivity contribution in [2.45, 2.75) is 25.3 Å². The monoisotopic (exact) mass is 370 g/mol. The van der Waals surface area contributed by atoms with Crippen molar-refractivity contribution in [1.82, 2.24) is 0 Å². The fourth-order valence-corrected chi connectivity index (χ4v) is 3.33. The summed E-state index contributed by atoms with van der Waals surface area (Å²) in [5.74, 6) is 0.301. The Morgan fingerprint density at radius 2 is 1.62 bits per heavy atom. The summed E-state index contributed by atoms with van der Waals surface area (Å²) in [6.07, 6.45) is 0. The van der Waals surface area contributed by atoms with Gasteiger partial charge in [-0.15, -0.1) is 0 Å². The Morgan fingerprint density at radius 1 is 1.10 bits per heavy atom. The molecule has 0 bridgehead atoms. The minimum Gasteiger partial charge on any atom is -0.392 e. The van der Waals surface area contributed by atoms with Gasteiger partial charge in [-0.2, -0.15) is 8.42 Å². The van der Waals surface area contributed by atoms with Crippen LogP contribution >= 0.6 is 15.9 Å². The Bertz CT molecular complexity index is 729. The molecule has 2 aromatic carbocycles. The Hall–Kier alpha value is -1.37. The van der Waals surface area contributed by atoms with Gasteiger partial charge in [0, 0.05) is 4.47 Å². The standard InChI is InChI=1S/C15H15BrO4S/c1-10-7-12(9-17)8-11(2)15(10)20-21(18,19)14-5-3-13(16)4-6-14/h3-8,17H,9H2,1-2H3. The average molecular weight is 371 g/mol. The Labute approximate surface area is 132 Å². The van der Waals surface area contributed by atoms with Crippen molar-refractivity contribution >= 4 is 26.0 Å². The van der Waals surface area contributed by atoms with Gasteiger partial charge in [0.15, 0.2) is 0 Å². The predicted molar refractivity (Wildman–Crippen MR) is 83.8 cm³/mol. The maximum absolute atomic E-state index is 12.3. The summed E-state index contributed by atoms with van der Waals surface area (Å²) in [6, 6.07) is 9.66. The normalized spacial score (nSPS) is 11.4. The van der Waals surface area contributed by atoms with Gasteiger partial charge in [0.1, 0.15) is 10.6 Å². The molecule has 0 saturated carbocycles. The average Bonchev–Trinajstić information content (AvgIpc) is 2.43. The quantitative estimate of drug-likeness (QED) is 0.838. The first-order chi connectivity index (χ1) is 9.83. The van der Waals surface area contributed by atoms with Crippen molar-refractivity contribution in [3.63, 3.8) is 0 Å². The molecule has 112 valence electrons. The molecule has 0 aliphatic heterocycles. The van der Waals surface area contributed by atoms with E-state index in [-0.39, 0.29) is 11.5 Å². The van der Waals surface area contributed by atoms with Gasteiger partial charge < -0.3 is 9.29 Å². The third kappa shape index (κ3) is 3.64. The summed E-state index contributed by atoms with van der Waals surface area (Å²) in [6.45, 7) is 3.40. The van der Waals surface area contributed by atoms with E-state index in [1.165, 1.54) is 12.1 Å². The number of benzene rings is 2. The van der Waals surface area contributed by atoms with Crippen molar-refractivity contribution in [1.29, 1.82) is 0 Å². The van der Waals surface area contributed by atoms with Crippen LogP contribution in [0.15, 0.2) is 45.8 Å². The molecule has 2 rings (SSSR count). The van der Waals surface area contributed by atoms with E-state index < -0.39 is 10.1 Å². The van der Waals surface area contributed by atoms with Gasteiger partial charge in [0.2, 0.25) is 0 Å². The molecule has 0 unspecified atom stereocenters. The second-order valence-electron chi connectivity index (χ2n) is 4.71. The van der Waals surface area contributed by atoms with E-state index in [0.717, 1.165) is 10.0 Å². The first-order valence-electron chi connectivity index (χ1n) is 6.24. The summed E-state index contributed by atoms with van der Waals surface area (Å²) in [4.78, 5) is 0.0933. The van der Waals surface area contributed by atoms with Crippen LogP contribution in [0.1, 0.15) is 16.7 Å². The lowest BCUT2D eigenvalue weighted by Crippen LogP contribution is -2.11. The molecule has 0 aliphatic carbocycles. The van der Waals surface area contributed by atoms with E-state index in [0.29, 0.717) is 16.9 Å². The summed E-state index contributed by atoms with van der Waals surface area (Å²) < 4.78 is 30.6. The molecule has 0 radical (unpaired) electrons. The zero-order valence-corrected chi connectivity index (χ0v) is 14.0. The van der Waals surface area contributed by atoms with Crippen LogP contribution in [0.25, 0.3) is 0 Å². The number of hydrogen-bond acceptors (Lipinski definition) is 4. The molecule has 6 heteroatoms. The van der Waals surface area contributed by atoms with Crippen LogP contribution in [0.3, 0.4) is 0 Å². The van der Waals surface area contributed by atoms with Gasteiger partial charge in [0.25, 0.3) is 0 Å². The molecule has 0 amide bonds. The molecule has 0 atom stereocenters. The highest BCUT2D eigenvalue weighted by molar-refractivity contribution is 9.10. The van der Waals surface area contributed by atoms with E-state index in [4.69, 9.17) is 9.29 Å². The van der Waals surface area contributed by atoms with Gasteiger partial charge in [0.05, 0.1) is 6.61 Å². The van der Waals surface area contributed by atoms with Gasteiger partial charge in [-0.3, -0.25) is 0 Å². The zero-order chi connectivity index (χ0) is 15.6. The van der Waals surface area contributed by atoms with E-state index in [1.54, 1.807) is 38.1 Å². The predicted octanol–water partition coefficient (Wildman–Crippen LogP) is 3.33. The number of halogens is 1. The minimum atomic E-state index is -3.88. The fourth-order valence-electron chi connectivity index (χ4n) is 2.02. The van der Waals surface area contributed by atoms with Crippen LogP contribution in [0.4, 0.5) is 0 Å². The van der Waals surface area contributed by atoms with Gasteiger partial charge in [-0.05, 0) is 54.8 Å². The van der Waals surface area contributed by atoms with E-state index in [1.807, 2.05) is 0 Å². The van der Waals surface area contributed by atoms with Crippen molar-refractivity contribution in [2.24, 2.45) is 0 Å². The van der Waals surface area contributed by atoms with Crippen LogP contribution in [-0.4, -0.2) is 13.5 Å². The van der Waals surface area contributed by atoms with Crippen LogP contribution in [-0.2, 0) is 16.7 Å². The van der Waals surface area contributed by atoms with E-state index >= 15 is 0 Å². The second kappa shape index (κ2) is 6.17. The molecule has 21 heavy (non-hydrogen) atoms. The Balaban J connectivity index is 2.39. The van der Waals surface area contributed by atoms with Crippen LogP contribution in [0.5, 0.6) is 5.75 Å². The number of rotatable bonds is 4. The number of aryl methyl sites for hydroxylation is 2.